The summed E-state index contributed by atoms with van der Waals surface area (Å²) < 4.78 is 25.1. The van der Waals surface area contributed by atoms with Crippen LogP contribution in [-0.2, 0) is 9.47 Å². The first-order valence-electron chi connectivity index (χ1n) is 6.71. The number of aromatic amines is 1. The topological polar surface area (TPSA) is 134 Å². The Morgan fingerprint density at radius 3 is 2.73 bits per heavy atom. The van der Waals surface area contributed by atoms with Gasteiger partial charge in [0.05, 0.1) is 18.9 Å². The number of ether oxygens (including phenoxy) is 2. The van der Waals surface area contributed by atoms with E-state index in [0.29, 0.717) is 0 Å². The lowest BCUT2D eigenvalue weighted by molar-refractivity contribution is -0.220. The van der Waals surface area contributed by atoms with E-state index in [-0.39, 0.29) is 6.42 Å². The molecule has 3 rings (SSSR count). The first-order chi connectivity index (χ1) is 10.4. The maximum Gasteiger partial charge on any atom is 0.330 e. The lowest BCUT2D eigenvalue weighted by Crippen LogP contribution is -2.57. The van der Waals surface area contributed by atoms with Gasteiger partial charge in [0.1, 0.15) is 30.6 Å². The van der Waals surface area contributed by atoms with Crippen LogP contribution in [0.2, 0.25) is 0 Å². The van der Waals surface area contributed by atoms with E-state index in [9.17, 15) is 24.2 Å². The van der Waals surface area contributed by atoms with Crippen LogP contribution in [0.15, 0.2) is 15.8 Å². The van der Waals surface area contributed by atoms with Crippen LogP contribution in [-0.4, -0.2) is 62.0 Å². The van der Waals surface area contributed by atoms with E-state index >= 15 is 0 Å². The first kappa shape index (κ1) is 15.3. The molecule has 2 saturated heterocycles. The number of halogens is 1. The van der Waals surface area contributed by atoms with Crippen LogP contribution in [0.1, 0.15) is 12.6 Å². The number of fused-ring (bicyclic) bond motifs is 1. The number of hydrogen-bond donors (Lipinski definition) is 4. The van der Waals surface area contributed by atoms with E-state index in [0.717, 1.165) is 10.8 Å². The van der Waals surface area contributed by atoms with Crippen LogP contribution in [0, 0.1) is 5.82 Å². The number of rotatable bonds is 2. The van der Waals surface area contributed by atoms with E-state index in [1.54, 1.807) is 0 Å². The van der Waals surface area contributed by atoms with Gasteiger partial charge < -0.3 is 24.8 Å². The monoisotopic (exact) mass is 318 g/mol. The molecule has 1 aromatic rings. The molecule has 0 radical (unpaired) electrons. The molecule has 1 aromatic heterocycles. The fraction of sp³-hybridized carbons (Fsp3) is 0.667. The maximum atomic E-state index is 13.3. The molecule has 0 amide bonds. The van der Waals surface area contributed by atoms with Crippen molar-refractivity contribution in [2.45, 2.75) is 43.2 Å². The Bertz CT molecular complexity index is 674. The van der Waals surface area contributed by atoms with Gasteiger partial charge in [-0.05, 0) is 0 Å². The van der Waals surface area contributed by atoms with Crippen molar-refractivity contribution in [2.24, 2.45) is 0 Å². The third-order valence-corrected chi connectivity index (χ3v) is 3.95. The molecule has 0 spiro atoms. The molecule has 122 valence electrons. The fourth-order valence-corrected chi connectivity index (χ4v) is 2.81. The van der Waals surface area contributed by atoms with E-state index in [1.807, 2.05) is 4.98 Å². The van der Waals surface area contributed by atoms with Crippen LogP contribution in [0.4, 0.5) is 4.39 Å². The molecule has 0 bridgehead atoms. The Morgan fingerprint density at radius 1 is 1.32 bits per heavy atom. The SMILES string of the molecule is O=c1[nH]c(=O)n([C@@H]2C[C@H]3O[C@H](CO)[C@H](O)[C@H](O)[C@H]3O2)cc1F. The summed E-state index contributed by atoms with van der Waals surface area (Å²) in [5.74, 6) is -1.15. The molecule has 0 saturated carbocycles. The van der Waals surface area contributed by atoms with Gasteiger partial charge in [0.25, 0.3) is 5.56 Å². The van der Waals surface area contributed by atoms with Crippen molar-refractivity contribution >= 4 is 0 Å². The number of hydrogen-bond acceptors (Lipinski definition) is 7. The molecule has 10 heteroatoms. The van der Waals surface area contributed by atoms with E-state index in [2.05, 4.69) is 0 Å². The third kappa shape index (κ3) is 2.38. The number of nitrogens with zero attached hydrogens (tertiary/aromatic N) is 1. The molecule has 22 heavy (non-hydrogen) atoms. The zero-order valence-electron chi connectivity index (χ0n) is 11.3. The molecule has 2 fully saturated rings. The van der Waals surface area contributed by atoms with E-state index in [4.69, 9.17) is 14.6 Å². The summed E-state index contributed by atoms with van der Waals surface area (Å²) in [6, 6.07) is 0. The van der Waals surface area contributed by atoms with Crippen molar-refractivity contribution in [3.8, 4) is 0 Å². The average Bonchev–Trinajstić information content (AvgIpc) is 2.90. The molecule has 0 aliphatic carbocycles. The standard InChI is InChI=1S/C12H15FN2O7/c13-4-2-15(12(20)14-11(4)19)7-1-5-10(22-7)9(18)8(17)6(3-16)21-5/h2,5-10,16-18H,1,3H2,(H,14,19,20)/t5-,6-,7+,8+,9+,10+/m1/s1. The van der Waals surface area contributed by atoms with Gasteiger partial charge >= 0.3 is 5.69 Å². The number of aliphatic hydroxyl groups is 3. The van der Waals surface area contributed by atoms with Crippen LogP contribution in [0.5, 0.6) is 0 Å². The van der Waals surface area contributed by atoms with Gasteiger partial charge in [-0.25, -0.2) is 4.79 Å². The Labute approximate surface area is 122 Å². The highest BCUT2D eigenvalue weighted by atomic mass is 19.1. The second-order valence-corrected chi connectivity index (χ2v) is 5.31. The molecule has 2 aliphatic rings. The Hall–Kier alpha value is -1.59. The van der Waals surface area contributed by atoms with E-state index < -0.39 is 60.4 Å². The minimum absolute atomic E-state index is 0.0936. The van der Waals surface area contributed by atoms with Gasteiger partial charge in [-0.15, -0.1) is 0 Å². The van der Waals surface area contributed by atoms with Crippen LogP contribution >= 0.6 is 0 Å². The minimum atomic E-state index is -1.34. The zero-order chi connectivity index (χ0) is 16.0. The summed E-state index contributed by atoms with van der Waals surface area (Å²) in [5, 5.41) is 28.9. The van der Waals surface area contributed by atoms with Gasteiger partial charge in [-0.3, -0.25) is 14.3 Å². The van der Waals surface area contributed by atoms with Crippen molar-refractivity contribution in [3.63, 3.8) is 0 Å². The second kappa shape index (κ2) is 5.56. The van der Waals surface area contributed by atoms with Crippen LogP contribution in [0.3, 0.4) is 0 Å². The van der Waals surface area contributed by atoms with Crippen molar-refractivity contribution in [1.82, 2.24) is 9.55 Å². The van der Waals surface area contributed by atoms with Crippen molar-refractivity contribution in [2.75, 3.05) is 6.61 Å². The lowest BCUT2D eigenvalue weighted by atomic mass is 9.95. The lowest BCUT2D eigenvalue weighted by Gasteiger charge is -2.38. The minimum Gasteiger partial charge on any atom is -0.394 e. The summed E-state index contributed by atoms with van der Waals surface area (Å²) in [6.45, 7) is -0.487. The number of H-pyrrole nitrogens is 1. The fourth-order valence-electron chi connectivity index (χ4n) is 2.81. The Balaban J connectivity index is 1.87. The summed E-state index contributed by atoms with van der Waals surface area (Å²) >= 11 is 0. The van der Waals surface area contributed by atoms with Crippen molar-refractivity contribution in [3.05, 3.63) is 32.9 Å². The normalized spacial score (nSPS) is 38.0. The molecular formula is C12H15FN2O7. The van der Waals surface area contributed by atoms with E-state index in [1.165, 1.54) is 0 Å². The quantitative estimate of drug-likeness (QED) is 0.471. The van der Waals surface area contributed by atoms with Gasteiger partial charge in [-0.2, -0.15) is 4.39 Å². The van der Waals surface area contributed by atoms with Gasteiger partial charge in [0, 0.05) is 6.42 Å². The summed E-state index contributed by atoms with van der Waals surface area (Å²) in [4.78, 5) is 24.6. The molecular weight excluding hydrogens is 303 g/mol. The highest BCUT2D eigenvalue weighted by Gasteiger charge is 2.50. The predicted molar refractivity (Wildman–Crippen MR) is 67.6 cm³/mol. The zero-order valence-corrected chi connectivity index (χ0v) is 11.3. The van der Waals surface area contributed by atoms with Crippen LogP contribution < -0.4 is 11.2 Å². The molecule has 0 aromatic carbocycles. The molecule has 3 heterocycles. The van der Waals surface area contributed by atoms with Crippen LogP contribution in [0.25, 0.3) is 0 Å². The molecule has 6 atom stereocenters. The number of aromatic nitrogens is 2. The Kier molecular flexibility index (Phi) is 3.87. The van der Waals surface area contributed by atoms with Gasteiger partial charge in [-0.1, -0.05) is 0 Å². The highest BCUT2D eigenvalue weighted by molar-refractivity contribution is 4.98. The highest BCUT2D eigenvalue weighted by Crippen LogP contribution is 2.37. The molecule has 9 nitrogen and oxygen atoms in total. The van der Waals surface area contributed by atoms with Gasteiger partial charge in [0.15, 0.2) is 0 Å². The van der Waals surface area contributed by atoms with Gasteiger partial charge in [0.2, 0.25) is 5.82 Å². The largest absolute Gasteiger partial charge is 0.394 e. The summed E-state index contributed by atoms with van der Waals surface area (Å²) in [6.07, 6.45) is -5.38. The summed E-state index contributed by atoms with van der Waals surface area (Å²) in [5.41, 5.74) is -1.99. The average molecular weight is 318 g/mol. The molecule has 4 N–H and O–H groups in total. The van der Waals surface area contributed by atoms with Crippen molar-refractivity contribution < 1.29 is 29.2 Å². The Morgan fingerprint density at radius 2 is 2.05 bits per heavy atom. The number of nitrogens with one attached hydrogen (secondary N) is 1. The second-order valence-electron chi connectivity index (χ2n) is 5.31. The first-order valence-corrected chi connectivity index (χ1v) is 6.71. The maximum absolute atomic E-state index is 13.3. The van der Waals surface area contributed by atoms with Crippen molar-refractivity contribution in [1.29, 1.82) is 0 Å². The summed E-state index contributed by atoms with van der Waals surface area (Å²) in [7, 11) is 0. The molecule has 0 unspecified atom stereocenters. The third-order valence-electron chi connectivity index (χ3n) is 3.95. The number of aliphatic hydroxyl groups excluding tert-OH is 3. The predicted octanol–water partition coefficient (Wildman–Crippen LogP) is -2.56. The molecule has 2 aliphatic heterocycles. The smallest absolute Gasteiger partial charge is 0.330 e.